The molecule has 1 saturated carbocycles. The molecule has 4 atom stereocenters. The number of hydrogen-bond donors (Lipinski definition) is 1. The van der Waals surface area contributed by atoms with Crippen LogP contribution < -0.4 is 5.73 Å². The van der Waals surface area contributed by atoms with E-state index in [0.29, 0.717) is 12.5 Å². The van der Waals surface area contributed by atoms with E-state index in [1.165, 1.54) is 0 Å². The molecule has 2 rings (SSSR count). The van der Waals surface area contributed by atoms with Gasteiger partial charge in [0.15, 0.2) is 0 Å². The minimum absolute atomic E-state index is 0.0179. The van der Waals surface area contributed by atoms with Gasteiger partial charge in [0.05, 0.1) is 18.6 Å². The predicted octanol–water partition coefficient (Wildman–Crippen LogP) is 0.997. The summed E-state index contributed by atoms with van der Waals surface area (Å²) in [5.74, 6) is 0.704. The number of carbonyl (C=O) groups excluding carboxylic acids is 1. The lowest BCUT2D eigenvalue weighted by Gasteiger charge is -2.36. The van der Waals surface area contributed by atoms with Crippen LogP contribution in [-0.2, 0) is 9.53 Å². The molecule has 1 saturated heterocycles. The molecule has 2 fully saturated rings. The van der Waals surface area contributed by atoms with E-state index in [1.807, 2.05) is 11.9 Å². The Balaban J connectivity index is 1.97. The van der Waals surface area contributed by atoms with Crippen LogP contribution in [0.25, 0.3) is 0 Å². The molecular weight excluding hydrogens is 216 g/mol. The molecule has 0 spiro atoms. The zero-order chi connectivity index (χ0) is 12.4. The second-order valence-electron chi connectivity index (χ2n) is 5.56. The van der Waals surface area contributed by atoms with Gasteiger partial charge in [0.2, 0.25) is 5.91 Å². The van der Waals surface area contributed by atoms with Gasteiger partial charge in [-0.1, -0.05) is 13.3 Å². The number of nitrogens with two attached hydrogens (primary N) is 1. The maximum Gasteiger partial charge on any atom is 0.227 e. The SMILES string of the molecule is CC1CCCC(C(=O)N(C)C2CCOC2)C1N. The zero-order valence-electron chi connectivity index (χ0n) is 10.9. The molecule has 1 heterocycles. The molecule has 1 aliphatic heterocycles. The van der Waals surface area contributed by atoms with E-state index in [1.54, 1.807) is 0 Å². The van der Waals surface area contributed by atoms with Crippen molar-refractivity contribution in [1.82, 2.24) is 4.90 Å². The van der Waals surface area contributed by atoms with Gasteiger partial charge in [-0.15, -0.1) is 0 Å². The molecule has 98 valence electrons. The first-order chi connectivity index (χ1) is 8.11. The summed E-state index contributed by atoms with van der Waals surface area (Å²) in [4.78, 5) is 14.3. The summed E-state index contributed by atoms with van der Waals surface area (Å²) >= 11 is 0. The Bertz CT molecular complexity index is 277. The van der Waals surface area contributed by atoms with Crippen LogP contribution in [0.2, 0.25) is 0 Å². The Hall–Kier alpha value is -0.610. The van der Waals surface area contributed by atoms with Crippen LogP contribution in [0.1, 0.15) is 32.6 Å². The molecule has 0 bridgehead atoms. The van der Waals surface area contributed by atoms with Crippen molar-refractivity contribution >= 4 is 5.91 Å². The first kappa shape index (κ1) is 12.8. The van der Waals surface area contributed by atoms with Gasteiger partial charge < -0.3 is 15.4 Å². The lowest BCUT2D eigenvalue weighted by Crippen LogP contribution is -2.50. The Morgan fingerprint density at radius 2 is 2.12 bits per heavy atom. The van der Waals surface area contributed by atoms with E-state index in [0.717, 1.165) is 32.3 Å². The average molecular weight is 240 g/mol. The molecule has 1 aliphatic carbocycles. The highest BCUT2D eigenvalue weighted by Gasteiger charge is 2.36. The Morgan fingerprint density at radius 1 is 1.35 bits per heavy atom. The van der Waals surface area contributed by atoms with Gasteiger partial charge in [-0.2, -0.15) is 0 Å². The van der Waals surface area contributed by atoms with Crippen molar-refractivity contribution < 1.29 is 9.53 Å². The number of amides is 1. The number of nitrogens with zero attached hydrogens (tertiary/aromatic N) is 1. The number of rotatable bonds is 2. The fraction of sp³-hybridized carbons (Fsp3) is 0.923. The maximum atomic E-state index is 12.4. The molecule has 1 amide bonds. The quantitative estimate of drug-likeness (QED) is 0.783. The molecule has 4 unspecified atom stereocenters. The highest BCUT2D eigenvalue weighted by atomic mass is 16.5. The summed E-state index contributed by atoms with van der Waals surface area (Å²) in [6.45, 7) is 3.61. The van der Waals surface area contributed by atoms with Crippen molar-refractivity contribution in [3.05, 3.63) is 0 Å². The van der Waals surface area contributed by atoms with Crippen LogP contribution in [0.15, 0.2) is 0 Å². The van der Waals surface area contributed by atoms with Crippen molar-refractivity contribution in [2.24, 2.45) is 17.6 Å². The van der Waals surface area contributed by atoms with E-state index in [9.17, 15) is 4.79 Å². The summed E-state index contributed by atoms with van der Waals surface area (Å²) in [5.41, 5.74) is 6.18. The van der Waals surface area contributed by atoms with Crippen molar-refractivity contribution in [3.8, 4) is 0 Å². The lowest BCUT2D eigenvalue weighted by atomic mass is 9.77. The standard InChI is InChI=1S/C13H24N2O2/c1-9-4-3-5-11(12(9)14)13(16)15(2)10-6-7-17-8-10/h9-12H,3-8,14H2,1-2H3. The minimum atomic E-state index is 0.0179. The van der Waals surface area contributed by atoms with Gasteiger partial charge in [0.1, 0.15) is 0 Å². The molecule has 0 aromatic rings. The fourth-order valence-corrected chi connectivity index (χ4v) is 3.00. The normalized spacial score (nSPS) is 38.1. The molecule has 0 radical (unpaired) electrons. The highest BCUT2D eigenvalue weighted by molar-refractivity contribution is 5.79. The third-order valence-electron chi connectivity index (χ3n) is 4.41. The first-order valence-electron chi connectivity index (χ1n) is 6.71. The van der Waals surface area contributed by atoms with Crippen LogP contribution in [0, 0.1) is 11.8 Å². The van der Waals surface area contributed by atoms with Crippen LogP contribution in [-0.4, -0.2) is 43.2 Å². The summed E-state index contributed by atoms with van der Waals surface area (Å²) in [7, 11) is 1.90. The smallest absolute Gasteiger partial charge is 0.227 e. The van der Waals surface area contributed by atoms with Crippen LogP contribution in [0.4, 0.5) is 0 Å². The lowest BCUT2D eigenvalue weighted by molar-refractivity contribution is -0.138. The van der Waals surface area contributed by atoms with Gasteiger partial charge >= 0.3 is 0 Å². The Kier molecular flexibility index (Phi) is 4.05. The first-order valence-corrected chi connectivity index (χ1v) is 6.71. The van der Waals surface area contributed by atoms with E-state index in [-0.39, 0.29) is 23.9 Å². The summed E-state index contributed by atoms with van der Waals surface area (Å²) < 4.78 is 5.34. The third-order valence-corrected chi connectivity index (χ3v) is 4.41. The van der Waals surface area contributed by atoms with Crippen LogP contribution in [0.3, 0.4) is 0 Å². The third kappa shape index (κ3) is 2.63. The summed E-state index contributed by atoms with van der Waals surface area (Å²) in [6, 6.07) is 0.285. The molecule has 2 N–H and O–H groups in total. The number of hydrogen-bond acceptors (Lipinski definition) is 3. The van der Waals surface area contributed by atoms with Crippen molar-refractivity contribution in [3.63, 3.8) is 0 Å². The van der Waals surface area contributed by atoms with Gasteiger partial charge in [0.25, 0.3) is 0 Å². The van der Waals surface area contributed by atoms with Crippen LogP contribution >= 0.6 is 0 Å². The van der Waals surface area contributed by atoms with Gasteiger partial charge in [0, 0.05) is 19.7 Å². The second-order valence-corrected chi connectivity index (χ2v) is 5.56. The summed E-state index contributed by atoms with van der Waals surface area (Å²) in [5, 5.41) is 0. The average Bonchev–Trinajstić information content (AvgIpc) is 2.84. The van der Waals surface area contributed by atoms with Gasteiger partial charge in [-0.05, 0) is 25.2 Å². The maximum absolute atomic E-state index is 12.4. The van der Waals surface area contributed by atoms with Gasteiger partial charge in [-0.25, -0.2) is 0 Å². The number of ether oxygens (including phenoxy) is 1. The fourth-order valence-electron chi connectivity index (χ4n) is 3.00. The van der Waals surface area contributed by atoms with Crippen molar-refractivity contribution in [2.75, 3.05) is 20.3 Å². The predicted molar refractivity (Wildman–Crippen MR) is 66.5 cm³/mol. The van der Waals surface area contributed by atoms with Crippen molar-refractivity contribution in [1.29, 1.82) is 0 Å². The molecular formula is C13H24N2O2. The van der Waals surface area contributed by atoms with E-state index in [2.05, 4.69) is 6.92 Å². The Morgan fingerprint density at radius 3 is 2.76 bits per heavy atom. The molecule has 4 heteroatoms. The molecule has 0 aromatic heterocycles. The van der Waals surface area contributed by atoms with E-state index < -0.39 is 0 Å². The Labute approximate surface area is 103 Å². The van der Waals surface area contributed by atoms with E-state index >= 15 is 0 Å². The number of carbonyl (C=O) groups is 1. The van der Waals surface area contributed by atoms with Gasteiger partial charge in [-0.3, -0.25) is 4.79 Å². The van der Waals surface area contributed by atoms with Crippen LogP contribution in [0.5, 0.6) is 0 Å². The van der Waals surface area contributed by atoms with E-state index in [4.69, 9.17) is 10.5 Å². The van der Waals surface area contributed by atoms with Crippen molar-refractivity contribution in [2.45, 2.75) is 44.7 Å². The largest absolute Gasteiger partial charge is 0.379 e. The second kappa shape index (κ2) is 5.36. The molecule has 2 aliphatic rings. The molecule has 4 nitrogen and oxygen atoms in total. The monoisotopic (exact) mass is 240 g/mol. The highest BCUT2D eigenvalue weighted by Crippen LogP contribution is 2.29. The zero-order valence-corrected chi connectivity index (χ0v) is 10.9. The summed E-state index contributed by atoms with van der Waals surface area (Å²) in [6.07, 6.45) is 4.18. The topological polar surface area (TPSA) is 55.6 Å². The molecule has 0 aromatic carbocycles. The number of likely N-dealkylation sites (N-methyl/N-ethyl adjacent to an activating group) is 1. The minimum Gasteiger partial charge on any atom is -0.379 e. The molecule has 17 heavy (non-hydrogen) atoms.